The maximum atomic E-state index is 6.24. The van der Waals surface area contributed by atoms with Crippen LogP contribution in [0, 0.1) is 0 Å². The fourth-order valence-corrected chi connectivity index (χ4v) is 9.45. The number of thiophene rings is 1. The van der Waals surface area contributed by atoms with Gasteiger partial charge in [0, 0.05) is 47.9 Å². The summed E-state index contributed by atoms with van der Waals surface area (Å²) in [6.07, 6.45) is 0. The Morgan fingerprint density at radius 2 is 0.982 bits per heavy atom. The van der Waals surface area contributed by atoms with Crippen LogP contribution >= 0.6 is 11.3 Å². The van der Waals surface area contributed by atoms with Gasteiger partial charge in [-0.1, -0.05) is 140 Å². The van der Waals surface area contributed by atoms with Gasteiger partial charge in [-0.2, -0.15) is 0 Å². The van der Waals surface area contributed by atoms with E-state index in [1.165, 1.54) is 53.2 Å². The van der Waals surface area contributed by atoms with Gasteiger partial charge in [0.25, 0.3) is 0 Å². The number of nitrogens with zero attached hydrogens (tertiary/aromatic N) is 1. The van der Waals surface area contributed by atoms with Gasteiger partial charge in [-0.3, -0.25) is 0 Å². The van der Waals surface area contributed by atoms with Gasteiger partial charge in [0.05, 0.1) is 5.69 Å². The van der Waals surface area contributed by atoms with E-state index < -0.39 is 0 Å². The number of anilines is 3. The van der Waals surface area contributed by atoms with Crippen molar-refractivity contribution >= 4 is 81.3 Å². The molecule has 0 saturated carbocycles. The van der Waals surface area contributed by atoms with Crippen molar-refractivity contribution in [1.29, 1.82) is 0 Å². The van der Waals surface area contributed by atoms with Crippen molar-refractivity contribution in [1.82, 2.24) is 0 Å². The smallest absolute Gasteiger partial charge is 0.135 e. The lowest BCUT2D eigenvalue weighted by Gasteiger charge is -2.29. The predicted molar refractivity (Wildman–Crippen MR) is 235 cm³/mol. The Labute approximate surface area is 322 Å². The summed E-state index contributed by atoms with van der Waals surface area (Å²) in [7, 11) is 0. The highest BCUT2D eigenvalue weighted by Gasteiger charge is 2.20. The highest BCUT2D eigenvalue weighted by molar-refractivity contribution is 7.26. The van der Waals surface area contributed by atoms with Crippen molar-refractivity contribution in [3.63, 3.8) is 0 Å². The first-order chi connectivity index (χ1) is 27.2. The number of furan rings is 1. The Kier molecular flexibility index (Phi) is 7.39. The van der Waals surface area contributed by atoms with E-state index in [-0.39, 0.29) is 0 Å². The van der Waals surface area contributed by atoms with Gasteiger partial charge in [-0.05, 0) is 99.3 Å². The number of para-hydroxylation sites is 2. The molecule has 0 bridgehead atoms. The molecule has 11 rings (SSSR count). The summed E-state index contributed by atoms with van der Waals surface area (Å²) in [5, 5.41) is 7.33. The topological polar surface area (TPSA) is 16.4 Å². The van der Waals surface area contributed by atoms with Crippen LogP contribution in [0.25, 0.3) is 86.3 Å². The van der Waals surface area contributed by atoms with Gasteiger partial charge < -0.3 is 9.32 Å². The molecule has 3 heteroatoms. The van der Waals surface area contributed by atoms with Crippen molar-refractivity contribution in [3.8, 4) is 33.4 Å². The summed E-state index contributed by atoms with van der Waals surface area (Å²) < 4.78 is 8.86. The van der Waals surface area contributed by atoms with Crippen molar-refractivity contribution < 1.29 is 4.42 Å². The summed E-state index contributed by atoms with van der Waals surface area (Å²) in [6.45, 7) is 0. The molecule has 0 spiro atoms. The third kappa shape index (κ3) is 5.40. The first-order valence-corrected chi connectivity index (χ1v) is 19.5. The van der Waals surface area contributed by atoms with Crippen molar-refractivity contribution in [3.05, 3.63) is 200 Å². The molecule has 0 aliphatic rings. The Balaban J connectivity index is 1.11. The van der Waals surface area contributed by atoms with Crippen LogP contribution in [0.2, 0.25) is 0 Å². The van der Waals surface area contributed by atoms with E-state index in [0.717, 1.165) is 50.1 Å². The van der Waals surface area contributed by atoms with Crippen LogP contribution in [-0.2, 0) is 0 Å². The molecule has 0 N–H and O–H groups in total. The fourth-order valence-electron chi connectivity index (χ4n) is 8.21. The van der Waals surface area contributed by atoms with Crippen molar-refractivity contribution in [2.45, 2.75) is 0 Å². The van der Waals surface area contributed by atoms with Crippen LogP contribution in [0.4, 0.5) is 17.1 Å². The average Bonchev–Trinajstić information content (AvgIpc) is 3.82. The number of benzene rings is 9. The molecule has 0 amide bonds. The molecule has 0 saturated heterocycles. The van der Waals surface area contributed by atoms with Crippen LogP contribution in [0.3, 0.4) is 0 Å². The first-order valence-electron chi connectivity index (χ1n) is 18.7. The van der Waals surface area contributed by atoms with Crippen LogP contribution in [0.5, 0.6) is 0 Å². The summed E-state index contributed by atoms with van der Waals surface area (Å²) in [4.78, 5) is 2.42. The SMILES string of the molecule is c1cc(-c2ccc3ccccc3c2)cc(N(c2cccc(-c3cccc4c3sc3ccccc34)c2)c2ccccc2-c2ccc3oc4ccccc4c3c2)c1. The second-order valence-electron chi connectivity index (χ2n) is 14.1. The van der Waals surface area contributed by atoms with E-state index in [4.69, 9.17) is 4.42 Å². The molecule has 258 valence electrons. The molecule has 0 fully saturated rings. The Bertz CT molecular complexity index is 3240. The van der Waals surface area contributed by atoms with E-state index in [0.29, 0.717) is 0 Å². The quantitative estimate of drug-likeness (QED) is 0.170. The van der Waals surface area contributed by atoms with Gasteiger partial charge in [0.1, 0.15) is 11.2 Å². The maximum Gasteiger partial charge on any atom is 0.135 e. The van der Waals surface area contributed by atoms with Crippen molar-refractivity contribution in [2.75, 3.05) is 4.90 Å². The van der Waals surface area contributed by atoms with E-state index >= 15 is 0 Å². The number of fused-ring (bicyclic) bond motifs is 7. The molecule has 11 aromatic rings. The monoisotopic (exact) mass is 719 g/mol. The summed E-state index contributed by atoms with van der Waals surface area (Å²) in [5.41, 5.74) is 12.1. The lowest BCUT2D eigenvalue weighted by atomic mass is 9.97. The third-order valence-corrected chi connectivity index (χ3v) is 12.1. The molecule has 0 radical (unpaired) electrons. The maximum absolute atomic E-state index is 6.24. The average molecular weight is 720 g/mol. The van der Waals surface area contributed by atoms with E-state index in [9.17, 15) is 0 Å². The second-order valence-corrected chi connectivity index (χ2v) is 15.2. The Hall–Kier alpha value is -6.94. The molecular weight excluding hydrogens is 687 g/mol. The summed E-state index contributed by atoms with van der Waals surface area (Å²) in [5.74, 6) is 0. The summed E-state index contributed by atoms with van der Waals surface area (Å²) >= 11 is 1.87. The molecule has 2 nitrogen and oxygen atoms in total. The largest absolute Gasteiger partial charge is 0.456 e. The third-order valence-electron chi connectivity index (χ3n) is 10.8. The first kappa shape index (κ1) is 31.6. The lowest BCUT2D eigenvalue weighted by Crippen LogP contribution is -2.11. The van der Waals surface area contributed by atoms with Crippen LogP contribution < -0.4 is 4.90 Å². The predicted octanol–water partition coefficient (Wildman–Crippen LogP) is 15.6. The highest BCUT2D eigenvalue weighted by Crippen LogP contribution is 2.45. The van der Waals surface area contributed by atoms with E-state index in [2.05, 4.69) is 193 Å². The normalized spacial score (nSPS) is 11.6. The Morgan fingerprint density at radius 1 is 0.364 bits per heavy atom. The molecule has 0 atom stereocenters. The van der Waals surface area contributed by atoms with Crippen LogP contribution in [0.1, 0.15) is 0 Å². The molecular formula is C52H33NOS. The van der Waals surface area contributed by atoms with Crippen LogP contribution in [-0.4, -0.2) is 0 Å². The lowest BCUT2D eigenvalue weighted by molar-refractivity contribution is 0.669. The zero-order valence-corrected chi connectivity index (χ0v) is 30.6. The molecule has 9 aromatic carbocycles. The Morgan fingerprint density at radius 3 is 1.89 bits per heavy atom. The molecule has 0 unspecified atom stereocenters. The molecule has 2 aromatic heterocycles. The number of hydrogen-bond donors (Lipinski definition) is 0. The van der Waals surface area contributed by atoms with Gasteiger partial charge in [0.15, 0.2) is 0 Å². The van der Waals surface area contributed by atoms with E-state index in [1.807, 2.05) is 23.5 Å². The standard InChI is InChI=1S/C52H33NOS/c1-2-13-35-30-37(27-26-34(35)12-1)36-14-9-16-40(31-36)53(41-17-10-15-38(32-41)43-21-11-22-46-45-20-5-8-25-51(45)55-52(43)46)48-23-6-3-18-42(48)39-28-29-50-47(33-39)44-19-4-7-24-49(44)54-50/h1-33H. The second kappa shape index (κ2) is 12.9. The summed E-state index contributed by atoms with van der Waals surface area (Å²) in [6, 6.07) is 72.4. The van der Waals surface area contributed by atoms with Gasteiger partial charge in [-0.25, -0.2) is 0 Å². The molecule has 2 heterocycles. The van der Waals surface area contributed by atoms with Crippen LogP contribution in [0.15, 0.2) is 205 Å². The molecule has 55 heavy (non-hydrogen) atoms. The molecule has 0 aliphatic carbocycles. The number of rotatable bonds is 6. The number of hydrogen-bond acceptors (Lipinski definition) is 3. The fraction of sp³-hybridized carbons (Fsp3) is 0. The highest BCUT2D eigenvalue weighted by atomic mass is 32.1. The minimum absolute atomic E-state index is 0.894. The van der Waals surface area contributed by atoms with Crippen molar-refractivity contribution in [2.24, 2.45) is 0 Å². The van der Waals surface area contributed by atoms with Gasteiger partial charge >= 0.3 is 0 Å². The minimum atomic E-state index is 0.894. The van der Waals surface area contributed by atoms with Gasteiger partial charge in [0.2, 0.25) is 0 Å². The van der Waals surface area contributed by atoms with Gasteiger partial charge in [-0.15, -0.1) is 11.3 Å². The zero-order valence-electron chi connectivity index (χ0n) is 29.8. The molecule has 0 aliphatic heterocycles. The minimum Gasteiger partial charge on any atom is -0.456 e. The zero-order chi connectivity index (χ0) is 36.3. The van der Waals surface area contributed by atoms with E-state index in [1.54, 1.807) is 0 Å².